The van der Waals surface area contributed by atoms with Crippen LogP contribution in [0.4, 0.5) is 10.1 Å². The van der Waals surface area contributed by atoms with Gasteiger partial charge in [0.05, 0.1) is 0 Å². The Labute approximate surface area is 137 Å². The predicted molar refractivity (Wildman–Crippen MR) is 90.8 cm³/mol. The number of carbonyl (C=O) groups is 1. The van der Waals surface area contributed by atoms with Gasteiger partial charge in [-0.2, -0.15) is 0 Å². The molecule has 4 nitrogen and oxygen atoms in total. The van der Waals surface area contributed by atoms with Crippen LogP contribution in [0.2, 0.25) is 0 Å². The minimum atomic E-state index is -0.591. The van der Waals surface area contributed by atoms with E-state index in [1.807, 2.05) is 12.1 Å². The molecule has 0 fully saturated rings. The fourth-order valence-corrected chi connectivity index (χ4v) is 3.32. The van der Waals surface area contributed by atoms with Crippen LogP contribution in [-0.2, 0) is 6.42 Å². The van der Waals surface area contributed by atoms with Gasteiger partial charge in [-0.15, -0.1) is 0 Å². The number of nitrogens with zero attached hydrogens (tertiary/aromatic N) is 1. The first kappa shape index (κ1) is 14.4. The molecule has 118 valence electrons. The van der Waals surface area contributed by atoms with E-state index in [2.05, 4.69) is 4.98 Å². The molecule has 0 atom stereocenters. The van der Waals surface area contributed by atoms with E-state index in [1.165, 1.54) is 12.3 Å². The lowest BCUT2D eigenvalue weighted by Crippen LogP contribution is -2.16. The van der Waals surface area contributed by atoms with Crippen LogP contribution in [0, 0.1) is 5.82 Å². The van der Waals surface area contributed by atoms with Crippen LogP contribution in [0.5, 0.6) is 0 Å². The first-order valence-corrected chi connectivity index (χ1v) is 7.51. The average molecular weight is 319 g/mol. The first-order chi connectivity index (χ1) is 11.6. The SMILES string of the molecule is NC(=O)c1ncc(-c2ccccc2F)c2c1Cc1cc(N)ccc1-2. The van der Waals surface area contributed by atoms with Crippen molar-refractivity contribution in [3.63, 3.8) is 0 Å². The Morgan fingerprint density at radius 2 is 1.88 bits per heavy atom. The number of fused-ring (bicyclic) bond motifs is 3. The number of rotatable bonds is 2. The fraction of sp³-hybridized carbons (Fsp3) is 0.0526. The Kier molecular flexibility index (Phi) is 3.09. The van der Waals surface area contributed by atoms with Crippen molar-refractivity contribution in [1.29, 1.82) is 0 Å². The summed E-state index contributed by atoms with van der Waals surface area (Å²) in [4.78, 5) is 16.0. The van der Waals surface area contributed by atoms with Gasteiger partial charge in [0.2, 0.25) is 0 Å². The predicted octanol–water partition coefficient (Wildman–Crippen LogP) is 3.14. The fourth-order valence-electron chi connectivity index (χ4n) is 3.32. The van der Waals surface area contributed by atoms with Crippen LogP contribution in [0.3, 0.4) is 0 Å². The third kappa shape index (κ3) is 2.06. The summed E-state index contributed by atoms with van der Waals surface area (Å²) in [6.07, 6.45) is 2.02. The summed E-state index contributed by atoms with van der Waals surface area (Å²) in [6.45, 7) is 0. The molecule has 0 saturated heterocycles. The quantitative estimate of drug-likeness (QED) is 0.557. The van der Waals surface area contributed by atoms with E-state index >= 15 is 0 Å². The number of nitrogen functional groups attached to an aromatic ring is 1. The summed E-state index contributed by atoms with van der Waals surface area (Å²) in [5.41, 5.74) is 16.7. The lowest BCUT2D eigenvalue weighted by Gasteiger charge is -2.12. The third-order valence-corrected chi connectivity index (χ3v) is 4.34. The maximum absolute atomic E-state index is 14.3. The Hall–Kier alpha value is -3.21. The third-order valence-electron chi connectivity index (χ3n) is 4.34. The highest BCUT2D eigenvalue weighted by molar-refractivity contribution is 6.00. The molecule has 5 heteroatoms. The number of benzene rings is 2. The standard InChI is InChI=1S/C19H14FN3O/c20-16-4-2-1-3-13(16)15-9-23-18(19(22)24)14-8-10-7-11(21)5-6-12(10)17(14)15/h1-7,9H,8,21H2,(H2,22,24). The molecule has 1 aliphatic carbocycles. The number of aromatic nitrogens is 1. The van der Waals surface area contributed by atoms with Gasteiger partial charge in [-0.25, -0.2) is 4.39 Å². The summed E-state index contributed by atoms with van der Waals surface area (Å²) in [5, 5.41) is 0. The number of anilines is 1. The van der Waals surface area contributed by atoms with Gasteiger partial charge < -0.3 is 11.5 Å². The van der Waals surface area contributed by atoms with Crippen LogP contribution in [0.15, 0.2) is 48.7 Å². The number of primary amides is 1. The van der Waals surface area contributed by atoms with Crippen LogP contribution >= 0.6 is 0 Å². The van der Waals surface area contributed by atoms with E-state index in [0.717, 1.165) is 22.3 Å². The largest absolute Gasteiger partial charge is 0.399 e. The number of hydrogen-bond donors (Lipinski definition) is 2. The molecule has 1 amide bonds. The van der Waals surface area contributed by atoms with Gasteiger partial charge in [-0.1, -0.05) is 24.3 Å². The number of hydrogen-bond acceptors (Lipinski definition) is 3. The Bertz CT molecular complexity index is 998. The molecule has 24 heavy (non-hydrogen) atoms. The summed E-state index contributed by atoms with van der Waals surface area (Å²) >= 11 is 0. The molecule has 0 aliphatic heterocycles. The van der Waals surface area contributed by atoms with Gasteiger partial charge in [0, 0.05) is 29.4 Å². The monoisotopic (exact) mass is 319 g/mol. The topological polar surface area (TPSA) is 82.0 Å². The van der Waals surface area contributed by atoms with Crippen molar-refractivity contribution < 1.29 is 9.18 Å². The van der Waals surface area contributed by atoms with Crippen LogP contribution in [-0.4, -0.2) is 10.9 Å². The number of amides is 1. The lowest BCUT2D eigenvalue weighted by atomic mass is 9.94. The second-order valence-corrected chi connectivity index (χ2v) is 5.81. The number of carbonyl (C=O) groups excluding carboxylic acids is 1. The normalized spacial score (nSPS) is 11.9. The van der Waals surface area contributed by atoms with Crippen LogP contribution < -0.4 is 11.5 Å². The van der Waals surface area contributed by atoms with Crippen molar-refractivity contribution in [3.8, 4) is 22.3 Å². The molecule has 3 aromatic rings. The molecule has 2 aromatic carbocycles. The van der Waals surface area contributed by atoms with E-state index in [4.69, 9.17) is 11.5 Å². The van der Waals surface area contributed by atoms with Crippen molar-refractivity contribution in [2.75, 3.05) is 5.73 Å². The molecule has 0 bridgehead atoms. The van der Waals surface area contributed by atoms with Crippen molar-refractivity contribution in [3.05, 3.63) is 71.3 Å². The molecular formula is C19H14FN3O. The van der Waals surface area contributed by atoms with Crippen LogP contribution in [0.1, 0.15) is 21.6 Å². The summed E-state index contributed by atoms with van der Waals surface area (Å²) in [6, 6.07) is 12.1. The highest BCUT2D eigenvalue weighted by Crippen LogP contribution is 2.44. The zero-order chi connectivity index (χ0) is 16.8. The Morgan fingerprint density at radius 1 is 1.08 bits per heavy atom. The van der Waals surface area contributed by atoms with Gasteiger partial charge in [0.1, 0.15) is 11.5 Å². The van der Waals surface area contributed by atoms with E-state index in [9.17, 15) is 9.18 Å². The second kappa shape index (κ2) is 5.16. The van der Waals surface area contributed by atoms with Gasteiger partial charge in [0.15, 0.2) is 0 Å². The highest BCUT2D eigenvalue weighted by atomic mass is 19.1. The van der Waals surface area contributed by atoms with Crippen molar-refractivity contribution in [2.45, 2.75) is 6.42 Å². The smallest absolute Gasteiger partial charge is 0.267 e. The number of pyridine rings is 1. The molecular weight excluding hydrogens is 305 g/mol. The molecule has 0 saturated carbocycles. The molecule has 4 rings (SSSR count). The molecule has 0 radical (unpaired) electrons. The molecule has 1 aliphatic rings. The van der Waals surface area contributed by atoms with E-state index in [-0.39, 0.29) is 11.5 Å². The van der Waals surface area contributed by atoms with E-state index in [1.54, 1.807) is 24.3 Å². The van der Waals surface area contributed by atoms with Gasteiger partial charge in [-0.05, 0) is 40.5 Å². The summed E-state index contributed by atoms with van der Waals surface area (Å²) in [7, 11) is 0. The summed E-state index contributed by atoms with van der Waals surface area (Å²) in [5.74, 6) is -0.927. The molecule has 0 spiro atoms. The first-order valence-electron chi connectivity index (χ1n) is 7.51. The maximum Gasteiger partial charge on any atom is 0.267 e. The minimum Gasteiger partial charge on any atom is -0.399 e. The maximum atomic E-state index is 14.3. The van der Waals surface area contributed by atoms with Gasteiger partial charge in [-0.3, -0.25) is 9.78 Å². The lowest BCUT2D eigenvalue weighted by molar-refractivity contribution is 0.0995. The van der Waals surface area contributed by atoms with E-state index < -0.39 is 5.91 Å². The average Bonchev–Trinajstić information content (AvgIpc) is 2.92. The second-order valence-electron chi connectivity index (χ2n) is 5.81. The Morgan fingerprint density at radius 3 is 2.62 bits per heavy atom. The molecule has 1 heterocycles. The molecule has 0 unspecified atom stereocenters. The van der Waals surface area contributed by atoms with Crippen molar-refractivity contribution in [1.82, 2.24) is 4.98 Å². The number of nitrogens with two attached hydrogens (primary N) is 2. The Balaban J connectivity index is 2.06. The highest BCUT2D eigenvalue weighted by Gasteiger charge is 2.28. The number of halogens is 1. The van der Waals surface area contributed by atoms with Gasteiger partial charge in [0.25, 0.3) is 5.91 Å². The molecule has 4 N–H and O–H groups in total. The summed E-state index contributed by atoms with van der Waals surface area (Å²) < 4.78 is 14.3. The van der Waals surface area contributed by atoms with Crippen molar-refractivity contribution >= 4 is 11.6 Å². The zero-order valence-corrected chi connectivity index (χ0v) is 12.7. The van der Waals surface area contributed by atoms with E-state index in [0.29, 0.717) is 23.2 Å². The van der Waals surface area contributed by atoms with Crippen LogP contribution in [0.25, 0.3) is 22.3 Å². The zero-order valence-electron chi connectivity index (χ0n) is 12.7. The minimum absolute atomic E-state index is 0.222. The van der Waals surface area contributed by atoms with Gasteiger partial charge >= 0.3 is 0 Å². The molecule has 1 aromatic heterocycles. The van der Waals surface area contributed by atoms with Crippen molar-refractivity contribution in [2.24, 2.45) is 5.73 Å².